The molecule has 3 heteroatoms. The van der Waals surface area contributed by atoms with Crippen LogP contribution >= 0.6 is 0 Å². The van der Waals surface area contributed by atoms with Crippen molar-refractivity contribution in [3.63, 3.8) is 0 Å². The molecule has 0 spiro atoms. The van der Waals surface area contributed by atoms with Crippen molar-refractivity contribution in [3.05, 3.63) is 35.9 Å². The molecule has 17 heavy (non-hydrogen) atoms. The van der Waals surface area contributed by atoms with Crippen LogP contribution in [0.3, 0.4) is 0 Å². The molecule has 0 saturated carbocycles. The minimum Gasteiger partial charge on any atom is -0.350 e. The highest BCUT2D eigenvalue weighted by atomic mass is 16.2. The number of hydrogen-bond donors (Lipinski definition) is 2. The largest absolute Gasteiger partial charge is 0.350 e. The van der Waals surface area contributed by atoms with Crippen molar-refractivity contribution in [1.82, 2.24) is 5.32 Å². The van der Waals surface area contributed by atoms with E-state index < -0.39 is 6.04 Å². The maximum Gasteiger partial charge on any atom is 0.237 e. The Morgan fingerprint density at radius 2 is 1.94 bits per heavy atom. The van der Waals surface area contributed by atoms with E-state index in [9.17, 15) is 4.79 Å². The van der Waals surface area contributed by atoms with Gasteiger partial charge in [0.1, 0.15) is 0 Å². The van der Waals surface area contributed by atoms with Crippen LogP contribution < -0.4 is 11.1 Å². The van der Waals surface area contributed by atoms with Crippen LogP contribution in [0.25, 0.3) is 0 Å². The molecule has 1 aromatic rings. The van der Waals surface area contributed by atoms with E-state index in [1.165, 1.54) is 5.56 Å². The van der Waals surface area contributed by atoms with E-state index in [2.05, 4.69) is 17.4 Å². The highest BCUT2D eigenvalue weighted by Crippen LogP contribution is 2.13. The molecule has 0 saturated heterocycles. The highest BCUT2D eigenvalue weighted by Gasteiger charge is 2.21. The number of benzene rings is 1. The topological polar surface area (TPSA) is 55.1 Å². The van der Waals surface area contributed by atoms with Gasteiger partial charge in [-0.3, -0.25) is 4.79 Å². The fourth-order valence-electron chi connectivity index (χ4n) is 1.61. The zero-order valence-electron chi connectivity index (χ0n) is 10.9. The van der Waals surface area contributed by atoms with E-state index in [-0.39, 0.29) is 11.4 Å². The van der Waals surface area contributed by atoms with E-state index in [1.807, 2.05) is 32.0 Å². The number of amides is 1. The zero-order chi connectivity index (χ0) is 12.9. The highest BCUT2D eigenvalue weighted by molar-refractivity contribution is 5.81. The number of hydrogen-bond acceptors (Lipinski definition) is 2. The molecule has 3 N–H and O–H groups in total. The van der Waals surface area contributed by atoms with Crippen LogP contribution in [-0.4, -0.2) is 17.5 Å². The molecular weight excluding hydrogens is 212 g/mol. The van der Waals surface area contributed by atoms with Crippen LogP contribution in [0.2, 0.25) is 0 Å². The van der Waals surface area contributed by atoms with E-state index in [0.717, 1.165) is 12.8 Å². The predicted octanol–water partition coefficient (Wildman–Crippen LogP) is 1.86. The molecule has 3 nitrogen and oxygen atoms in total. The monoisotopic (exact) mass is 234 g/mol. The summed E-state index contributed by atoms with van der Waals surface area (Å²) < 4.78 is 0. The van der Waals surface area contributed by atoms with Gasteiger partial charge >= 0.3 is 0 Å². The van der Waals surface area contributed by atoms with Crippen molar-refractivity contribution in [1.29, 1.82) is 0 Å². The Kier molecular flexibility index (Phi) is 4.70. The van der Waals surface area contributed by atoms with Crippen LogP contribution in [-0.2, 0) is 11.2 Å². The second-order valence-electron chi connectivity index (χ2n) is 5.15. The molecule has 0 unspecified atom stereocenters. The Bertz CT molecular complexity index is 358. The lowest BCUT2D eigenvalue weighted by molar-refractivity contribution is -0.123. The van der Waals surface area contributed by atoms with Crippen LogP contribution in [0.5, 0.6) is 0 Å². The van der Waals surface area contributed by atoms with Crippen molar-refractivity contribution >= 4 is 5.91 Å². The van der Waals surface area contributed by atoms with Gasteiger partial charge in [0.05, 0.1) is 6.04 Å². The first kappa shape index (κ1) is 13.7. The molecule has 0 aliphatic heterocycles. The molecule has 0 fully saturated rings. The van der Waals surface area contributed by atoms with E-state index in [4.69, 9.17) is 5.73 Å². The average molecular weight is 234 g/mol. The lowest BCUT2D eigenvalue weighted by Gasteiger charge is -2.27. The molecule has 0 aliphatic rings. The summed E-state index contributed by atoms with van der Waals surface area (Å²) in [5, 5.41) is 2.96. The van der Waals surface area contributed by atoms with Crippen molar-refractivity contribution < 1.29 is 4.79 Å². The second-order valence-corrected chi connectivity index (χ2v) is 5.15. The number of carbonyl (C=O) groups is 1. The molecule has 1 amide bonds. The number of nitrogens with one attached hydrogen (secondary N) is 1. The standard InChI is InChI=1S/C14H22N2O/c1-11(15)13(17)16-14(2,3)10-9-12-7-5-4-6-8-12/h4-8,11H,9-10,15H2,1-3H3,(H,16,17)/t11-/m0/s1. The lowest BCUT2D eigenvalue weighted by Crippen LogP contribution is -2.49. The summed E-state index contributed by atoms with van der Waals surface area (Å²) in [5.41, 5.74) is 6.60. The predicted molar refractivity (Wildman–Crippen MR) is 70.6 cm³/mol. The molecule has 0 aromatic heterocycles. The maximum absolute atomic E-state index is 11.5. The Labute approximate surface area is 103 Å². The summed E-state index contributed by atoms with van der Waals surface area (Å²) in [5.74, 6) is -0.0944. The molecule has 1 aromatic carbocycles. The summed E-state index contributed by atoms with van der Waals surface area (Å²) in [6.45, 7) is 5.75. The van der Waals surface area contributed by atoms with Gasteiger partial charge < -0.3 is 11.1 Å². The summed E-state index contributed by atoms with van der Waals surface area (Å²) in [6.07, 6.45) is 1.85. The molecule has 1 rings (SSSR count). The summed E-state index contributed by atoms with van der Waals surface area (Å²) in [7, 11) is 0. The summed E-state index contributed by atoms with van der Waals surface area (Å²) >= 11 is 0. The van der Waals surface area contributed by atoms with Gasteiger partial charge in [0, 0.05) is 5.54 Å². The summed E-state index contributed by atoms with van der Waals surface area (Å²) in [6, 6.07) is 9.82. The average Bonchev–Trinajstić information content (AvgIpc) is 2.27. The SMILES string of the molecule is C[C@H](N)C(=O)NC(C)(C)CCc1ccccc1. The van der Waals surface area contributed by atoms with Gasteiger partial charge in [0.2, 0.25) is 5.91 Å². The third-order valence-corrected chi connectivity index (χ3v) is 2.76. The van der Waals surface area contributed by atoms with Crippen molar-refractivity contribution in [2.24, 2.45) is 5.73 Å². The van der Waals surface area contributed by atoms with Crippen LogP contribution in [0.1, 0.15) is 32.8 Å². The summed E-state index contributed by atoms with van der Waals surface area (Å²) in [4.78, 5) is 11.5. The van der Waals surface area contributed by atoms with Gasteiger partial charge in [-0.1, -0.05) is 30.3 Å². The van der Waals surface area contributed by atoms with Gasteiger partial charge in [-0.15, -0.1) is 0 Å². The first-order valence-corrected chi connectivity index (χ1v) is 6.02. The molecule has 0 aliphatic carbocycles. The lowest BCUT2D eigenvalue weighted by atomic mass is 9.95. The minimum absolute atomic E-state index is 0.0944. The number of nitrogens with two attached hydrogens (primary N) is 1. The third kappa shape index (κ3) is 5.00. The van der Waals surface area contributed by atoms with E-state index >= 15 is 0 Å². The van der Waals surface area contributed by atoms with Crippen LogP contribution in [0.15, 0.2) is 30.3 Å². The minimum atomic E-state index is -0.453. The zero-order valence-corrected chi connectivity index (χ0v) is 10.9. The van der Waals surface area contributed by atoms with Gasteiger partial charge in [0.15, 0.2) is 0 Å². The molecule has 1 atom stereocenters. The van der Waals surface area contributed by atoms with Gasteiger partial charge in [-0.25, -0.2) is 0 Å². The molecule has 0 bridgehead atoms. The Hall–Kier alpha value is -1.35. The number of aryl methyl sites for hydroxylation is 1. The molecular formula is C14H22N2O. The molecule has 94 valence electrons. The maximum atomic E-state index is 11.5. The smallest absolute Gasteiger partial charge is 0.237 e. The fourth-order valence-corrected chi connectivity index (χ4v) is 1.61. The number of rotatable bonds is 5. The fraction of sp³-hybridized carbons (Fsp3) is 0.500. The van der Waals surface area contributed by atoms with E-state index in [1.54, 1.807) is 6.92 Å². The van der Waals surface area contributed by atoms with Crippen molar-refractivity contribution in [2.75, 3.05) is 0 Å². The first-order chi connectivity index (χ1) is 7.91. The van der Waals surface area contributed by atoms with Crippen molar-refractivity contribution in [2.45, 2.75) is 45.2 Å². The van der Waals surface area contributed by atoms with Gasteiger partial charge in [-0.05, 0) is 39.2 Å². The van der Waals surface area contributed by atoms with Crippen molar-refractivity contribution in [3.8, 4) is 0 Å². The van der Waals surface area contributed by atoms with E-state index in [0.29, 0.717) is 0 Å². The molecule has 0 heterocycles. The number of carbonyl (C=O) groups excluding carboxylic acids is 1. The first-order valence-electron chi connectivity index (χ1n) is 6.02. The van der Waals surface area contributed by atoms with Crippen LogP contribution in [0, 0.1) is 0 Å². The Morgan fingerprint density at radius 3 is 2.47 bits per heavy atom. The van der Waals surface area contributed by atoms with Gasteiger partial charge in [0.25, 0.3) is 0 Å². The Balaban J connectivity index is 2.47. The normalized spacial score (nSPS) is 13.2. The second kappa shape index (κ2) is 5.82. The quantitative estimate of drug-likeness (QED) is 0.817. The van der Waals surface area contributed by atoms with Crippen LogP contribution in [0.4, 0.5) is 0 Å². The van der Waals surface area contributed by atoms with Gasteiger partial charge in [-0.2, -0.15) is 0 Å². The Morgan fingerprint density at radius 1 is 1.35 bits per heavy atom. The third-order valence-electron chi connectivity index (χ3n) is 2.76. The molecule has 0 radical (unpaired) electrons.